The summed E-state index contributed by atoms with van der Waals surface area (Å²) < 4.78 is 13.8. The summed E-state index contributed by atoms with van der Waals surface area (Å²) in [5.41, 5.74) is 1.46. The molecule has 0 spiro atoms. The largest absolute Gasteiger partial charge is 0.493 e. The first-order valence-corrected chi connectivity index (χ1v) is 10.1. The van der Waals surface area contributed by atoms with Crippen LogP contribution in [-0.4, -0.2) is 23.5 Å². The lowest BCUT2D eigenvalue weighted by molar-refractivity contribution is 0.257. The SMILES string of the molecule is C=c1[nH]n(-c2ccc(I)cc2)c(=O)/c1=C\c1ccc(OCC(C)C)c(OC)c1. The highest BCUT2D eigenvalue weighted by molar-refractivity contribution is 14.1. The summed E-state index contributed by atoms with van der Waals surface area (Å²) >= 11 is 2.23. The molecule has 2 aromatic carbocycles. The molecule has 3 aromatic rings. The molecule has 1 aromatic heterocycles. The Balaban J connectivity index is 2.01. The Kier molecular flexibility index (Phi) is 6.28. The van der Waals surface area contributed by atoms with Gasteiger partial charge in [-0.2, -0.15) is 0 Å². The van der Waals surface area contributed by atoms with E-state index in [9.17, 15) is 4.79 Å². The molecule has 6 heteroatoms. The summed E-state index contributed by atoms with van der Waals surface area (Å²) in [4.78, 5) is 12.9. The van der Waals surface area contributed by atoms with E-state index in [1.807, 2.05) is 42.5 Å². The summed E-state index contributed by atoms with van der Waals surface area (Å²) in [7, 11) is 1.61. The zero-order valence-corrected chi connectivity index (χ0v) is 18.3. The maximum Gasteiger partial charge on any atom is 0.279 e. The number of methoxy groups -OCH3 is 1. The Bertz CT molecular complexity index is 1130. The fraction of sp³-hybridized carbons (Fsp3) is 0.227. The van der Waals surface area contributed by atoms with Crippen LogP contribution in [0.4, 0.5) is 0 Å². The van der Waals surface area contributed by atoms with Crippen molar-refractivity contribution in [3.05, 3.63) is 72.5 Å². The van der Waals surface area contributed by atoms with Crippen molar-refractivity contribution in [2.75, 3.05) is 13.7 Å². The van der Waals surface area contributed by atoms with E-state index < -0.39 is 0 Å². The molecule has 1 N–H and O–H groups in total. The van der Waals surface area contributed by atoms with Crippen LogP contribution in [0.15, 0.2) is 47.3 Å². The molecule has 3 rings (SSSR count). The first-order valence-electron chi connectivity index (χ1n) is 8.97. The number of nitrogens with one attached hydrogen (secondary N) is 1. The maximum atomic E-state index is 12.9. The van der Waals surface area contributed by atoms with Crippen LogP contribution in [0.3, 0.4) is 0 Å². The third-order valence-electron chi connectivity index (χ3n) is 4.16. The van der Waals surface area contributed by atoms with Gasteiger partial charge in [-0.05, 0) is 76.5 Å². The van der Waals surface area contributed by atoms with Crippen molar-refractivity contribution in [1.29, 1.82) is 0 Å². The molecule has 0 bridgehead atoms. The van der Waals surface area contributed by atoms with Gasteiger partial charge in [0.15, 0.2) is 11.5 Å². The summed E-state index contributed by atoms with van der Waals surface area (Å²) in [5.74, 6) is 1.74. The predicted molar refractivity (Wildman–Crippen MR) is 121 cm³/mol. The van der Waals surface area contributed by atoms with E-state index in [0.29, 0.717) is 34.6 Å². The number of halogens is 1. The Morgan fingerprint density at radius 3 is 2.54 bits per heavy atom. The third kappa shape index (κ3) is 4.49. The van der Waals surface area contributed by atoms with Crippen molar-refractivity contribution in [2.45, 2.75) is 13.8 Å². The van der Waals surface area contributed by atoms with Gasteiger partial charge in [0.1, 0.15) is 0 Å². The smallest absolute Gasteiger partial charge is 0.279 e. The quantitative estimate of drug-likeness (QED) is 0.541. The second-order valence-corrected chi connectivity index (χ2v) is 8.13. The fourth-order valence-electron chi connectivity index (χ4n) is 2.73. The van der Waals surface area contributed by atoms with E-state index in [1.54, 1.807) is 13.2 Å². The molecule has 0 atom stereocenters. The van der Waals surface area contributed by atoms with Crippen LogP contribution in [0.1, 0.15) is 19.4 Å². The molecular formula is C22H23IN2O3. The van der Waals surface area contributed by atoms with Gasteiger partial charge in [0.05, 0.1) is 30.0 Å². The Morgan fingerprint density at radius 2 is 1.89 bits per heavy atom. The highest BCUT2D eigenvalue weighted by atomic mass is 127. The second-order valence-electron chi connectivity index (χ2n) is 6.88. The number of ether oxygens (including phenoxy) is 2. The van der Waals surface area contributed by atoms with E-state index in [1.165, 1.54) is 4.68 Å². The number of H-pyrrole nitrogens is 1. The standard InChI is InChI=1S/C22H23IN2O3/c1-14(2)13-28-20-10-5-16(12-21(20)27-4)11-19-15(3)24-25(22(19)26)18-8-6-17(23)7-9-18/h5-12,14,24H,3,13H2,1-2,4H3/b19-11-. The van der Waals surface area contributed by atoms with Crippen molar-refractivity contribution >= 4 is 35.2 Å². The summed E-state index contributed by atoms with van der Waals surface area (Å²) in [5, 5.41) is 4.11. The molecule has 0 amide bonds. The molecule has 0 aliphatic rings. The molecule has 28 heavy (non-hydrogen) atoms. The molecule has 1 heterocycles. The number of aromatic nitrogens is 2. The fourth-order valence-corrected chi connectivity index (χ4v) is 3.09. The number of hydrogen-bond donors (Lipinski definition) is 1. The van der Waals surface area contributed by atoms with Crippen LogP contribution in [-0.2, 0) is 0 Å². The molecule has 0 saturated heterocycles. The van der Waals surface area contributed by atoms with E-state index in [-0.39, 0.29) is 5.56 Å². The number of rotatable bonds is 6. The number of aromatic amines is 1. The molecule has 0 aliphatic carbocycles. The predicted octanol–water partition coefficient (Wildman–Crippen LogP) is 3.05. The second kappa shape index (κ2) is 8.68. The van der Waals surface area contributed by atoms with Crippen molar-refractivity contribution in [3.63, 3.8) is 0 Å². The van der Waals surface area contributed by atoms with Gasteiger partial charge in [0.2, 0.25) is 0 Å². The van der Waals surface area contributed by atoms with Crippen LogP contribution >= 0.6 is 22.6 Å². The van der Waals surface area contributed by atoms with E-state index in [0.717, 1.165) is 14.8 Å². The van der Waals surface area contributed by atoms with Gasteiger partial charge in [0.25, 0.3) is 5.56 Å². The van der Waals surface area contributed by atoms with Crippen LogP contribution in [0.25, 0.3) is 18.3 Å². The van der Waals surface area contributed by atoms with Crippen molar-refractivity contribution in [2.24, 2.45) is 5.92 Å². The van der Waals surface area contributed by atoms with Crippen LogP contribution in [0.5, 0.6) is 11.5 Å². The van der Waals surface area contributed by atoms with Gasteiger partial charge in [-0.1, -0.05) is 26.5 Å². The zero-order chi connectivity index (χ0) is 20.3. The summed E-state index contributed by atoms with van der Waals surface area (Å²) in [6.45, 7) is 8.78. The van der Waals surface area contributed by atoms with Crippen molar-refractivity contribution < 1.29 is 9.47 Å². The molecule has 0 aliphatic heterocycles. The van der Waals surface area contributed by atoms with Gasteiger partial charge >= 0.3 is 0 Å². The lowest BCUT2D eigenvalue weighted by atomic mass is 10.1. The highest BCUT2D eigenvalue weighted by Gasteiger charge is 2.08. The van der Waals surface area contributed by atoms with Gasteiger partial charge in [-0.25, -0.2) is 4.68 Å². The van der Waals surface area contributed by atoms with Gasteiger partial charge in [0, 0.05) is 3.57 Å². The van der Waals surface area contributed by atoms with Crippen molar-refractivity contribution in [1.82, 2.24) is 9.78 Å². The lowest BCUT2D eigenvalue weighted by Crippen LogP contribution is -2.33. The topological polar surface area (TPSA) is 56.2 Å². The van der Waals surface area contributed by atoms with Gasteiger partial charge in [-0.15, -0.1) is 0 Å². The minimum atomic E-state index is -0.148. The van der Waals surface area contributed by atoms with Crippen LogP contribution in [0, 0.1) is 9.49 Å². The highest BCUT2D eigenvalue weighted by Crippen LogP contribution is 2.28. The van der Waals surface area contributed by atoms with E-state index >= 15 is 0 Å². The maximum absolute atomic E-state index is 12.9. The average Bonchev–Trinajstić information content (AvgIpc) is 2.95. The van der Waals surface area contributed by atoms with Gasteiger partial charge < -0.3 is 9.47 Å². The monoisotopic (exact) mass is 490 g/mol. The molecule has 0 unspecified atom stereocenters. The van der Waals surface area contributed by atoms with Crippen LogP contribution in [0.2, 0.25) is 0 Å². The lowest BCUT2D eigenvalue weighted by Gasteiger charge is -2.12. The number of nitrogens with zero attached hydrogens (tertiary/aromatic N) is 1. The molecule has 0 fully saturated rings. The normalized spacial score (nSPS) is 11.8. The summed E-state index contributed by atoms with van der Waals surface area (Å²) in [6.07, 6.45) is 1.80. The number of hydrogen-bond acceptors (Lipinski definition) is 3. The minimum absolute atomic E-state index is 0.148. The van der Waals surface area contributed by atoms with E-state index in [2.05, 4.69) is 48.1 Å². The third-order valence-corrected chi connectivity index (χ3v) is 4.88. The van der Waals surface area contributed by atoms with Crippen molar-refractivity contribution in [3.8, 4) is 17.2 Å². The Morgan fingerprint density at radius 1 is 1.18 bits per heavy atom. The molecule has 0 saturated carbocycles. The van der Waals surface area contributed by atoms with Crippen LogP contribution < -0.4 is 25.6 Å². The zero-order valence-electron chi connectivity index (χ0n) is 16.2. The molecule has 5 nitrogen and oxygen atoms in total. The summed E-state index contributed by atoms with van der Waals surface area (Å²) in [6, 6.07) is 13.3. The van der Waals surface area contributed by atoms with Gasteiger partial charge in [-0.3, -0.25) is 9.89 Å². The first kappa shape index (κ1) is 20.3. The van der Waals surface area contributed by atoms with E-state index in [4.69, 9.17) is 9.47 Å². The molecule has 0 radical (unpaired) electrons. The Hall–Kier alpha value is -2.48. The molecular weight excluding hydrogens is 467 g/mol. The minimum Gasteiger partial charge on any atom is -0.493 e. The number of benzene rings is 2. The first-order chi connectivity index (χ1) is 13.4. The Labute approximate surface area is 177 Å². The average molecular weight is 490 g/mol. The molecule has 146 valence electrons.